The molecule has 4 rings (SSSR count). The van der Waals surface area contributed by atoms with Gasteiger partial charge in [-0.1, -0.05) is 36.1 Å². The summed E-state index contributed by atoms with van der Waals surface area (Å²) in [5.74, 6) is 6.81. The summed E-state index contributed by atoms with van der Waals surface area (Å²) in [6.07, 6.45) is 3.53. The fourth-order valence-electron chi connectivity index (χ4n) is 3.54. The van der Waals surface area contributed by atoms with E-state index >= 15 is 0 Å². The molecule has 1 N–H and O–H groups in total. The summed E-state index contributed by atoms with van der Waals surface area (Å²) in [6.45, 7) is 1.38. The highest BCUT2D eigenvalue weighted by Crippen LogP contribution is 2.32. The lowest BCUT2D eigenvalue weighted by molar-refractivity contribution is -0.135. The third-order valence-corrected chi connectivity index (χ3v) is 5.36. The molecule has 1 saturated heterocycles. The summed E-state index contributed by atoms with van der Waals surface area (Å²) in [5, 5.41) is 3.02. The second-order valence-corrected chi connectivity index (χ2v) is 7.56. The number of amides is 2. The molecule has 2 aromatic carbocycles. The molecule has 0 bridgehead atoms. The number of hydrogen-bond acceptors (Lipinski definition) is 2. The Labute approximate surface area is 165 Å². The summed E-state index contributed by atoms with van der Waals surface area (Å²) < 4.78 is 0. The average Bonchev–Trinajstić information content (AvgIpc) is 3.58. The Kier molecular flexibility index (Phi) is 5.43. The SMILES string of the molecule is O=C(Nc1cccc(C#Cc2ccccc2)c1)C1CCN(C(=O)C2CC2)CC1. The molecule has 0 atom stereocenters. The van der Waals surface area contributed by atoms with Crippen molar-refractivity contribution < 1.29 is 9.59 Å². The minimum absolute atomic E-state index is 0.0340. The maximum Gasteiger partial charge on any atom is 0.227 e. The molecule has 2 fully saturated rings. The first-order valence-corrected chi connectivity index (χ1v) is 9.96. The van der Waals surface area contributed by atoms with Crippen LogP contribution in [0.4, 0.5) is 5.69 Å². The van der Waals surface area contributed by atoms with Gasteiger partial charge in [-0.3, -0.25) is 9.59 Å². The highest BCUT2D eigenvalue weighted by atomic mass is 16.2. The van der Waals surface area contributed by atoms with Crippen LogP contribution >= 0.6 is 0 Å². The topological polar surface area (TPSA) is 49.4 Å². The smallest absolute Gasteiger partial charge is 0.227 e. The lowest BCUT2D eigenvalue weighted by Crippen LogP contribution is -2.42. The van der Waals surface area contributed by atoms with Crippen molar-refractivity contribution in [1.29, 1.82) is 0 Å². The quantitative estimate of drug-likeness (QED) is 0.836. The third kappa shape index (κ3) is 4.61. The molecule has 1 saturated carbocycles. The fourth-order valence-corrected chi connectivity index (χ4v) is 3.54. The van der Waals surface area contributed by atoms with Gasteiger partial charge in [-0.25, -0.2) is 0 Å². The maximum atomic E-state index is 12.6. The van der Waals surface area contributed by atoms with Crippen LogP contribution in [0.15, 0.2) is 54.6 Å². The number of anilines is 1. The van der Waals surface area contributed by atoms with E-state index in [1.54, 1.807) is 0 Å². The van der Waals surface area contributed by atoms with Gasteiger partial charge in [0.05, 0.1) is 0 Å². The highest BCUT2D eigenvalue weighted by Gasteiger charge is 2.35. The molecule has 28 heavy (non-hydrogen) atoms. The predicted octanol–water partition coefficient (Wildman–Crippen LogP) is 3.67. The van der Waals surface area contributed by atoms with E-state index in [0.717, 1.165) is 42.5 Å². The lowest BCUT2D eigenvalue weighted by Gasteiger charge is -2.31. The van der Waals surface area contributed by atoms with Crippen molar-refractivity contribution in [3.63, 3.8) is 0 Å². The van der Waals surface area contributed by atoms with Crippen LogP contribution in [0.5, 0.6) is 0 Å². The summed E-state index contributed by atoms with van der Waals surface area (Å²) >= 11 is 0. The molecule has 4 heteroatoms. The van der Waals surface area contributed by atoms with Crippen molar-refractivity contribution in [3.05, 3.63) is 65.7 Å². The van der Waals surface area contributed by atoms with Crippen LogP contribution in [-0.4, -0.2) is 29.8 Å². The molecule has 1 aliphatic carbocycles. The van der Waals surface area contributed by atoms with E-state index in [0.29, 0.717) is 13.1 Å². The van der Waals surface area contributed by atoms with Gasteiger partial charge in [0.15, 0.2) is 0 Å². The number of likely N-dealkylation sites (tertiary alicyclic amines) is 1. The van der Waals surface area contributed by atoms with E-state index in [1.807, 2.05) is 59.5 Å². The van der Waals surface area contributed by atoms with Gasteiger partial charge in [-0.2, -0.15) is 0 Å². The van der Waals surface area contributed by atoms with Crippen LogP contribution in [0.25, 0.3) is 0 Å². The molecule has 0 radical (unpaired) electrons. The van der Waals surface area contributed by atoms with Crippen molar-refractivity contribution in [2.45, 2.75) is 25.7 Å². The van der Waals surface area contributed by atoms with Crippen molar-refractivity contribution in [1.82, 2.24) is 4.90 Å². The zero-order valence-corrected chi connectivity index (χ0v) is 15.9. The monoisotopic (exact) mass is 372 g/mol. The minimum Gasteiger partial charge on any atom is -0.342 e. The summed E-state index contributed by atoms with van der Waals surface area (Å²) in [4.78, 5) is 26.7. The second-order valence-electron chi connectivity index (χ2n) is 7.56. The summed E-state index contributed by atoms with van der Waals surface area (Å²) in [5.41, 5.74) is 2.59. The van der Waals surface area contributed by atoms with Crippen molar-refractivity contribution in [2.24, 2.45) is 11.8 Å². The molecule has 0 spiro atoms. The number of carbonyl (C=O) groups excluding carboxylic acids is 2. The summed E-state index contributed by atoms with van der Waals surface area (Å²) in [7, 11) is 0. The number of hydrogen-bond donors (Lipinski definition) is 1. The Hall–Kier alpha value is -3.06. The average molecular weight is 372 g/mol. The number of carbonyl (C=O) groups is 2. The first kappa shape index (κ1) is 18.3. The van der Waals surface area contributed by atoms with Gasteiger partial charge in [0.1, 0.15) is 0 Å². The fraction of sp³-hybridized carbons (Fsp3) is 0.333. The standard InChI is InChI=1S/C24H24N2O2/c27-23(20-13-15-26(16-14-20)24(28)21-11-12-21)25-22-8-4-7-19(17-22)10-9-18-5-2-1-3-6-18/h1-8,17,20-21H,11-16H2,(H,25,27). The number of rotatable bonds is 3. The molecule has 142 valence electrons. The van der Waals surface area contributed by atoms with Gasteiger partial charge < -0.3 is 10.2 Å². The Morgan fingerprint density at radius 2 is 1.50 bits per heavy atom. The Morgan fingerprint density at radius 3 is 2.21 bits per heavy atom. The normalized spacial score (nSPS) is 16.8. The minimum atomic E-state index is -0.0395. The van der Waals surface area contributed by atoms with Gasteiger partial charge in [-0.15, -0.1) is 0 Å². The molecule has 0 unspecified atom stereocenters. The van der Waals surface area contributed by atoms with E-state index in [4.69, 9.17) is 0 Å². The summed E-state index contributed by atoms with van der Waals surface area (Å²) in [6, 6.07) is 17.5. The van der Waals surface area contributed by atoms with Crippen molar-refractivity contribution in [2.75, 3.05) is 18.4 Å². The Morgan fingerprint density at radius 1 is 0.821 bits per heavy atom. The second kappa shape index (κ2) is 8.31. The van der Waals surface area contributed by atoms with Gasteiger partial charge in [0.2, 0.25) is 11.8 Å². The van der Waals surface area contributed by atoms with Crippen LogP contribution in [0.1, 0.15) is 36.8 Å². The zero-order chi connectivity index (χ0) is 19.3. The largest absolute Gasteiger partial charge is 0.342 e. The van der Waals surface area contributed by atoms with Crippen LogP contribution in [0, 0.1) is 23.7 Å². The van der Waals surface area contributed by atoms with Gasteiger partial charge in [-0.05, 0) is 56.0 Å². The van der Waals surface area contributed by atoms with Gasteiger partial charge >= 0.3 is 0 Å². The zero-order valence-electron chi connectivity index (χ0n) is 15.9. The molecule has 0 aromatic heterocycles. The van der Waals surface area contributed by atoms with Crippen molar-refractivity contribution >= 4 is 17.5 Å². The predicted molar refractivity (Wildman–Crippen MR) is 110 cm³/mol. The molecular formula is C24H24N2O2. The first-order valence-electron chi connectivity index (χ1n) is 9.96. The molecule has 4 nitrogen and oxygen atoms in total. The molecule has 1 heterocycles. The lowest BCUT2D eigenvalue weighted by atomic mass is 9.95. The maximum absolute atomic E-state index is 12.6. The number of piperidine rings is 1. The van der Waals surface area contributed by atoms with E-state index in [-0.39, 0.29) is 23.7 Å². The van der Waals surface area contributed by atoms with Gasteiger partial charge in [0, 0.05) is 41.7 Å². The molecule has 2 aromatic rings. The third-order valence-electron chi connectivity index (χ3n) is 5.36. The van der Waals surface area contributed by atoms with Crippen LogP contribution < -0.4 is 5.32 Å². The Balaban J connectivity index is 1.33. The van der Waals surface area contributed by atoms with Crippen LogP contribution in [0.2, 0.25) is 0 Å². The van der Waals surface area contributed by atoms with Crippen molar-refractivity contribution in [3.8, 4) is 11.8 Å². The molecule has 2 amide bonds. The Bertz CT molecular complexity index is 914. The number of benzene rings is 2. The highest BCUT2D eigenvalue weighted by molar-refractivity contribution is 5.93. The van der Waals surface area contributed by atoms with E-state index in [2.05, 4.69) is 17.2 Å². The van der Waals surface area contributed by atoms with E-state index < -0.39 is 0 Å². The molecule has 1 aliphatic heterocycles. The van der Waals surface area contributed by atoms with E-state index in [1.165, 1.54) is 0 Å². The number of nitrogens with one attached hydrogen (secondary N) is 1. The molecule has 2 aliphatic rings. The van der Waals surface area contributed by atoms with Crippen LogP contribution in [-0.2, 0) is 9.59 Å². The molecular weight excluding hydrogens is 348 g/mol. The van der Waals surface area contributed by atoms with Gasteiger partial charge in [0.25, 0.3) is 0 Å². The first-order chi connectivity index (χ1) is 13.7. The number of nitrogens with zero attached hydrogens (tertiary/aromatic N) is 1. The van der Waals surface area contributed by atoms with Crippen LogP contribution in [0.3, 0.4) is 0 Å². The van der Waals surface area contributed by atoms with E-state index in [9.17, 15) is 9.59 Å².